The lowest BCUT2D eigenvalue weighted by atomic mass is 10.2. The van der Waals surface area contributed by atoms with Crippen LogP contribution in [-0.2, 0) is 13.1 Å². The predicted octanol–water partition coefficient (Wildman–Crippen LogP) is 1.67. The standard InChI is InChI=1S/C26H23F3N3O2S3.ClH/c1-4-32-22(37-23(24(32)33)25-30(3)18-13-16(2)9-10-20(18)36-25)14-21-31(11-12-35-21)15-17-7-5-6-8-19(17)34-26(27,28)29;/h5-14H,4,15H2,1-3H3;1H/q+1;/p-1/b25-23+;. The Hall–Kier alpha value is -2.73. The zero-order valence-electron chi connectivity index (χ0n) is 20.6. The van der Waals surface area contributed by atoms with Gasteiger partial charge in [0.05, 0.1) is 22.7 Å². The van der Waals surface area contributed by atoms with E-state index >= 15 is 0 Å². The molecule has 38 heavy (non-hydrogen) atoms. The van der Waals surface area contributed by atoms with Gasteiger partial charge in [-0.1, -0.05) is 41.3 Å². The number of fused-ring (bicyclic) bond motifs is 1. The summed E-state index contributed by atoms with van der Waals surface area (Å²) in [4.78, 5) is 16.6. The van der Waals surface area contributed by atoms with Gasteiger partial charge < -0.3 is 22.0 Å². The molecule has 3 heterocycles. The van der Waals surface area contributed by atoms with Crippen LogP contribution in [0, 0.1) is 6.92 Å². The Labute approximate surface area is 235 Å². The summed E-state index contributed by atoms with van der Waals surface area (Å²) in [5.74, 6) is -0.226. The number of nitrogens with zero attached hydrogens (tertiary/aromatic N) is 3. The average Bonchev–Trinajstić information content (AvgIpc) is 3.50. The number of hydrogen-bond donors (Lipinski definition) is 0. The van der Waals surface area contributed by atoms with Gasteiger partial charge in [-0.15, -0.1) is 24.5 Å². The third kappa shape index (κ3) is 5.66. The zero-order valence-corrected chi connectivity index (χ0v) is 23.8. The molecule has 0 saturated heterocycles. The van der Waals surface area contributed by atoms with E-state index in [1.54, 1.807) is 28.5 Å². The number of ether oxygens (including phenoxy) is 1. The van der Waals surface area contributed by atoms with E-state index in [-0.39, 0.29) is 30.3 Å². The van der Waals surface area contributed by atoms with Crippen molar-refractivity contribution in [1.82, 2.24) is 4.57 Å². The van der Waals surface area contributed by atoms with Crippen molar-refractivity contribution in [2.75, 3.05) is 11.9 Å². The van der Waals surface area contributed by atoms with Crippen molar-refractivity contribution in [3.05, 3.63) is 89.7 Å². The molecule has 12 heteroatoms. The van der Waals surface area contributed by atoms with Gasteiger partial charge in [0.2, 0.25) is 0 Å². The molecule has 0 amide bonds. The molecule has 0 aliphatic carbocycles. The number of thioether (sulfide) groups is 1. The fourth-order valence-electron chi connectivity index (χ4n) is 4.13. The van der Waals surface area contributed by atoms with Crippen molar-refractivity contribution >= 4 is 51.2 Å². The first-order valence-corrected chi connectivity index (χ1v) is 13.9. The number of alkyl halides is 3. The molecule has 200 valence electrons. The number of anilines is 1. The molecule has 0 fully saturated rings. The fourth-order valence-corrected chi connectivity index (χ4v) is 7.43. The minimum absolute atomic E-state index is 0. The maximum Gasteiger partial charge on any atom is 0.573 e. The van der Waals surface area contributed by atoms with Gasteiger partial charge in [0.1, 0.15) is 20.0 Å². The number of hydrogen-bond acceptors (Lipinski definition) is 6. The molecular weight excluding hydrogens is 575 g/mol. The summed E-state index contributed by atoms with van der Waals surface area (Å²) in [5, 5.41) is 3.58. The van der Waals surface area contributed by atoms with Gasteiger partial charge in [0.25, 0.3) is 10.6 Å². The van der Waals surface area contributed by atoms with E-state index in [4.69, 9.17) is 0 Å². The SMILES string of the molecule is CCn1c(=O)/c(=C2\Sc3ccc(C)cc3N2C)s/c1=C\c1scc[n+]1Cc1ccccc1OC(F)(F)F.[Cl-]. The second-order valence-corrected chi connectivity index (χ2v) is 11.4. The molecule has 2 aromatic heterocycles. The lowest BCUT2D eigenvalue weighted by Crippen LogP contribution is -3.00. The minimum atomic E-state index is -4.77. The van der Waals surface area contributed by atoms with Gasteiger partial charge in [0.15, 0.2) is 12.7 Å². The first-order valence-electron chi connectivity index (χ1n) is 11.4. The summed E-state index contributed by atoms with van der Waals surface area (Å²) >= 11 is 4.47. The molecule has 0 spiro atoms. The Balaban J connectivity index is 0.00000336. The Morgan fingerprint density at radius 1 is 1.16 bits per heavy atom. The van der Waals surface area contributed by atoms with Gasteiger partial charge in [-0.25, -0.2) is 0 Å². The quantitative estimate of drug-likeness (QED) is 0.328. The van der Waals surface area contributed by atoms with Crippen LogP contribution in [-0.4, -0.2) is 18.0 Å². The Morgan fingerprint density at radius 2 is 1.92 bits per heavy atom. The third-order valence-electron chi connectivity index (χ3n) is 5.91. The summed E-state index contributed by atoms with van der Waals surface area (Å²) in [6.45, 7) is 4.67. The highest BCUT2D eigenvalue weighted by Gasteiger charge is 2.32. The van der Waals surface area contributed by atoms with Gasteiger partial charge in [-0.2, -0.15) is 4.57 Å². The normalized spacial score (nSPS) is 15.0. The molecule has 0 unspecified atom stereocenters. The van der Waals surface area contributed by atoms with Crippen LogP contribution in [0.3, 0.4) is 0 Å². The zero-order chi connectivity index (χ0) is 26.3. The largest absolute Gasteiger partial charge is 1.00 e. The molecule has 5 rings (SSSR count). The van der Waals surface area contributed by atoms with Gasteiger partial charge in [-0.05, 0) is 43.7 Å². The van der Waals surface area contributed by atoms with Crippen LogP contribution in [0.5, 0.6) is 5.75 Å². The predicted molar refractivity (Wildman–Crippen MR) is 143 cm³/mol. The van der Waals surface area contributed by atoms with Crippen LogP contribution < -0.4 is 41.4 Å². The van der Waals surface area contributed by atoms with Crippen LogP contribution in [0.15, 0.2) is 63.7 Å². The average molecular weight is 598 g/mol. The summed E-state index contributed by atoms with van der Waals surface area (Å²) in [5.41, 5.74) is 2.59. The number of thiazole rings is 2. The number of rotatable bonds is 5. The highest BCUT2D eigenvalue weighted by atomic mass is 35.5. The smallest absolute Gasteiger partial charge is 0.573 e. The van der Waals surface area contributed by atoms with Crippen LogP contribution in [0.25, 0.3) is 11.1 Å². The fraction of sp³-hybridized carbons (Fsp3) is 0.231. The van der Waals surface area contributed by atoms with Gasteiger partial charge in [0, 0.05) is 18.5 Å². The number of halogens is 4. The van der Waals surface area contributed by atoms with E-state index in [0.717, 1.165) is 30.8 Å². The van der Waals surface area contributed by atoms with Crippen LogP contribution in [0.2, 0.25) is 0 Å². The molecular formula is C26H23ClF3N3O2S3. The number of benzene rings is 2. The topological polar surface area (TPSA) is 38.4 Å². The lowest BCUT2D eigenvalue weighted by molar-refractivity contribution is -0.685. The Bertz CT molecular complexity index is 1660. The second-order valence-electron chi connectivity index (χ2n) is 8.43. The van der Waals surface area contributed by atoms with Crippen molar-refractivity contribution in [3.8, 4) is 5.75 Å². The molecule has 0 radical (unpaired) electrons. The van der Waals surface area contributed by atoms with Crippen molar-refractivity contribution in [1.29, 1.82) is 0 Å². The van der Waals surface area contributed by atoms with Gasteiger partial charge >= 0.3 is 6.36 Å². The van der Waals surface area contributed by atoms with E-state index < -0.39 is 6.36 Å². The summed E-state index contributed by atoms with van der Waals surface area (Å²) in [6.07, 6.45) is -1.02. The first-order chi connectivity index (χ1) is 17.6. The van der Waals surface area contributed by atoms with E-state index in [1.807, 2.05) is 43.1 Å². The maximum atomic E-state index is 13.4. The highest BCUT2D eigenvalue weighted by molar-refractivity contribution is 8.08. The molecule has 1 aliphatic rings. The highest BCUT2D eigenvalue weighted by Crippen LogP contribution is 2.45. The summed E-state index contributed by atoms with van der Waals surface area (Å²) in [7, 11) is 1.97. The Morgan fingerprint density at radius 3 is 2.66 bits per heavy atom. The van der Waals surface area contributed by atoms with Gasteiger partial charge in [-0.3, -0.25) is 9.36 Å². The van der Waals surface area contributed by atoms with Crippen molar-refractivity contribution in [3.63, 3.8) is 0 Å². The van der Waals surface area contributed by atoms with Crippen LogP contribution in [0.4, 0.5) is 18.9 Å². The maximum absolute atomic E-state index is 13.4. The summed E-state index contributed by atoms with van der Waals surface area (Å²) < 4.78 is 47.9. The second kappa shape index (κ2) is 11.2. The number of aryl methyl sites for hydroxylation is 1. The molecule has 5 nitrogen and oxygen atoms in total. The Kier molecular flexibility index (Phi) is 8.32. The molecule has 1 aliphatic heterocycles. The minimum Gasteiger partial charge on any atom is -1.00 e. The lowest BCUT2D eigenvalue weighted by Gasteiger charge is -2.12. The van der Waals surface area contributed by atoms with E-state index in [0.29, 0.717) is 16.6 Å². The third-order valence-corrected chi connectivity index (χ3v) is 9.24. The molecule has 0 saturated carbocycles. The van der Waals surface area contributed by atoms with E-state index in [9.17, 15) is 18.0 Å². The molecule has 0 bridgehead atoms. The van der Waals surface area contributed by atoms with Crippen LogP contribution >= 0.6 is 34.4 Å². The number of para-hydroxylation sites is 1. The summed E-state index contributed by atoms with van der Waals surface area (Å²) in [6, 6.07) is 12.4. The molecule has 2 aromatic carbocycles. The van der Waals surface area contributed by atoms with E-state index in [2.05, 4.69) is 27.8 Å². The first kappa shape index (κ1) is 28.3. The molecule has 0 N–H and O–H groups in total. The molecule has 0 atom stereocenters. The van der Waals surface area contributed by atoms with Crippen LogP contribution in [0.1, 0.15) is 23.1 Å². The molecule has 4 aromatic rings. The van der Waals surface area contributed by atoms with E-state index in [1.165, 1.54) is 34.8 Å². The number of aromatic nitrogens is 2. The van der Waals surface area contributed by atoms with Crippen molar-refractivity contribution < 1.29 is 34.9 Å². The monoisotopic (exact) mass is 597 g/mol. The van der Waals surface area contributed by atoms with Crippen molar-refractivity contribution in [2.24, 2.45) is 0 Å². The van der Waals surface area contributed by atoms with Crippen molar-refractivity contribution in [2.45, 2.75) is 38.2 Å².